The van der Waals surface area contributed by atoms with E-state index in [0.29, 0.717) is 17.3 Å². The lowest BCUT2D eigenvalue weighted by Crippen LogP contribution is -2.04. The van der Waals surface area contributed by atoms with Gasteiger partial charge in [0.2, 0.25) is 0 Å². The van der Waals surface area contributed by atoms with E-state index < -0.39 is 0 Å². The molecule has 1 aromatic rings. The van der Waals surface area contributed by atoms with Crippen LogP contribution >= 0.6 is 11.3 Å². The van der Waals surface area contributed by atoms with E-state index in [2.05, 4.69) is 9.98 Å². The van der Waals surface area contributed by atoms with Crippen molar-refractivity contribution in [3.05, 3.63) is 16.6 Å². The molecule has 0 fully saturated rings. The van der Waals surface area contributed by atoms with Gasteiger partial charge in [0.15, 0.2) is 16.7 Å². The number of aromatic nitrogens is 1. The molecule has 0 radical (unpaired) electrons. The third-order valence-corrected chi connectivity index (χ3v) is 2.19. The molecular formula is C8H11N3OS. The number of aliphatic imine (C=N–C) groups is 1. The zero-order valence-electron chi connectivity index (χ0n) is 7.57. The van der Waals surface area contributed by atoms with Crippen LogP contribution in [-0.2, 0) is 4.74 Å². The number of thiazole rings is 1. The second kappa shape index (κ2) is 4.71. The topological polar surface area (TPSA) is 58.3 Å². The van der Waals surface area contributed by atoms with Gasteiger partial charge < -0.3 is 4.74 Å². The molecule has 1 aromatic heterocycles. The summed E-state index contributed by atoms with van der Waals surface area (Å²) in [5.74, 6) is 0.717. The van der Waals surface area contributed by atoms with Crippen LogP contribution in [0.3, 0.4) is 0 Å². The number of amidine groups is 1. The fraction of sp³-hybridized carbons (Fsp3) is 0.375. The van der Waals surface area contributed by atoms with Crippen molar-refractivity contribution >= 4 is 23.1 Å². The maximum atomic E-state index is 7.56. The summed E-state index contributed by atoms with van der Waals surface area (Å²) >= 11 is 1.40. The molecule has 0 aliphatic carbocycles. The summed E-state index contributed by atoms with van der Waals surface area (Å²) in [5, 5.41) is 10.00. The van der Waals surface area contributed by atoms with Gasteiger partial charge in [-0.15, -0.1) is 11.3 Å². The predicted octanol–water partition coefficient (Wildman–Crippen LogP) is 1.92. The minimum Gasteiger partial charge on any atom is -0.484 e. The molecule has 4 nitrogen and oxygen atoms in total. The molecule has 0 aromatic carbocycles. The first kappa shape index (κ1) is 9.85. The Morgan fingerprint density at radius 2 is 2.54 bits per heavy atom. The molecule has 1 heterocycles. The van der Waals surface area contributed by atoms with Crippen LogP contribution in [0.2, 0.25) is 0 Å². The Morgan fingerprint density at radius 3 is 3.00 bits per heavy atom. The molecule has 1 rings (SSSR count). The first-order valence-corrected chi connectivity index (χ1v) is 4.75. The van der Waals surface area contributed by atoms with Gasteiger partial charge in [0, 0.05) is 18.0 Å². The molecular weight excluding hydrogens is 186 g/mol. The molecule has 0 aliphatic rings. The highest BCUT2D eigenvalue weighted by atomic mass is 32.1. The minimum absolute atomic E-state index is 0.161. The molecule has 0 unspecified atom stereocenters. The molecule has 5 heteroatoms. The van der Waals surface area contributed by atoms with Gasteiger partial charge in [-0.1, -0.05) is 6.92 Å². The van der Waals surface area contributed by atoms with Gasteiger partial charge in [-0.3, -0.25) is 5.41 Å². The lowest BCUT2D eigenvalue weighted by Gasteiger charge is -1.99. The van der Waals surface area contributed by atoms with Gasteiger partial charge in [0.1, 0.15) is 0 Å². The maximum absolute atomic E-state index is 7.56. The largest absolute Gasteiger partial charge is 0.484 e. The Labute approximate surface area is 80.8 Å². The summed E-state index contributed by atoms with van der Waals surface area (Å²) in [5.41, 5.74) is 0. The molecule has 0 bridgehead atoms. The smallest absolute Gasteiger partial charge is 0.189 e. The summed E-state index contributed by atoms with van der Waals surface area (Å²) in [6.45, 7) is 1.93. The van der Waals surface area contributed by atoms with E-state index in [1.807, 2.05) is 12.3 Å². The lowest BCUT2D eigenvalue weighted by molar-refractivity contribution is 0.393. The SMILES string of the molecule is CCC(=NC(=N)c1nccs1)OC. The van der Waals surface area contributed by atoms with Crippen LogP contribution in [0.25, 0.3) is 0 Å². The fourth-order valence-electron chi connectivity index (χ4n) is 0.782. The Morgan fingerprint density at radius 1 is 1.77 bits per heavy atom. The van der Waals surface area contributed by atoms with Crippen LogP contribution in [0.5, 0.6) is 0 Å². The van der Waals surface area contributed by atoms with E-state index in [4.69, 9.17) is 10.1 Å². The van der Waals surface area contributed by atoms with Crippen LogP contribution in [0.1, 0.15) is 18.4 Å². The highest BCUT2D eigenvalue weighted by Crippen LogP contribution is 2.06. The van der Waals surface area contributed by atoms with Gasteiger partial charge in [-0.2, -0.15) is 4.99 Å². The third kappa shape index (κ3) is 2.62. The Kier molecular flexibility index (Phi) is 3.57. The fourth-order valence-corrected chi connectivity index (χ4v) is 1.31. The summed E-state index contributed by atoms with van der Waals surface area (Å²) in [4.78, 5) is 7.95. The first-order valence-electron chi connectivity index (χ1n) is 3.88. The lowest BCUT2D eigenvalue weighted by atomic mass is 10.5. The zero-order valence-corrected chi connectivity index (χ0v) is 8.39. The van der Waals surface area contributed by atoms with Gasteiger partial charge in [0.05, 0.1) is 7.11 Å². The molecule has 0 saturated heterocycles. The standard InChI is InChI=1S/C8H11N3OS/c1-3-6(12-2)11-7(9)8-10-4-5-13-8/h4-5,9H,3H2,1-2H3. The number of nitrogens with zero attached hydrogens (tertiary/aromatic N) is 2. The number of ether oxygens (including phenoxy) is 1. The van der Waals surface area contributed by atoms with Crippen molar-refractivity contribution in [1.82, 2.24) is 4.98 Å². The van der Waals surface area contributed by atoms with Gasteiger partial charge in [0.25, 0.3) is 0 Å². The summed E-state index contributed by atoms with van der Waals surface area (Å²) in [6.07, 6.45) is 2.34. The summed E-state index contributed by atoms with van der Waals surface area (Å²) < 4.78 is 4.95. The number of hydrogen-bond donors (Lipinski definition) is 1. The quantitative estimate of drug-likeness (QED) is 0.581. The molecule has 13 heavy (non-hydrogen) atoms. The Hall–Kier alpha value is -1.23. The number of nitrogens with one attached hydrogen (secondary N) is 1. The van der Waals surface area contributed by atoms with E-state index in [9.17, 15) is 0 Å². The van der Waals surface area contributed by atoms with Crippen LogP contribution < -0.4 is 0 Å². The molecule has 1 N–H and O–H groups in total. The van der Waals surface area contributed by atoms with Crippen molar-refractivity contribution in [2.75, 3.05) is 7.11 Å². The molecule has 0 atom stereocenters. The van der Waals surface area contributed by atoms with Crippen LogP contribution in [0, 0.1) is 5.41 Å². The number of rotatable bonds is 2. The summed E-state index contributed by atoms with van der Waals surface area (Å²) in [6, 6.07) is 0. The molecule has 70 valence electrons. The first-order chi connectivity index (χ1) is 6.27. The van der Waals surface area contributed by atoms with Crippen molar-refractivity contribution in [3.63, 3.8) is 0 Å². The third-order valence-electron chi connectivity index (χ3n) is 1.41. The summed E-state index contributed by atoms with van der Waals surface area (Å²) in [7, 11) is 1.55. The van der Waals surface area contributed by atoms with Crippen LogP contribution in [0.4, 0.5) is 0 Å². The minimum atomic E-state index is 0.161. The zero-order chi connectivity index (χ0) is 9.68. The predicted molar refractivity (Wildman–Crippen MR) is 53.7 cm³/mol. The average molecular weight is 197 g/mol. The number of hydrogen-bond acceptors (Lipinski definition) is 4. The van der Waals surface area contributed by atoms with E-state index in [1.165, 1.54) is 11.3 Å². The van der Waals surface area contributed by atoms with Gasteiger partial charge in [-0.25, -0.2) is 4.98 Å². The van der Waals surface area contributed by atoms with E-state index >= 15 is 0 Å². The monoisotopic (exact) mass is 197 g/mol. The molecule has 0 spiro atoms. The van der Waals surface area contributed by atoms with Crippen molar-refractivity contribution in [3.8, 4) is 0 Å². The second-order valence-corrected chi connectivity index (χ2v) is 3.14. The Balaban J connectivity index is 2.75. The van der Waals surface area contributed by atoms with Crippen molar-refractivity contribution in [2.24, 2.45) is 4.99 Å². The highest BCUT2D eigenvalue weighted by Gasteiger charge is 2.03. The highest BCUT2D eigenvalue weighted by molar-refractivity contribution is 7.11. The second-order valence-electron chi connectivity index (χ2n) is 2.25. The van der Waals surface area contributed by atoms with E-state index in [0.717, 1.165) is 0 Å². The maximum Gasteiger partial charge on any atom is 0.189 e. The van der Waals surface area contributed by atoms with Crippen LogP contribution in [-0.4, -0.2) is 23.8 Å². The van der Waals surface area contributed by atoms with Crippen molar-refractivity contribution in [2.45, 2.75) is 13.3 Å². The van der Waals surface area contributed by atoms with Crippen LogP contribution in [0.15, 0.2) is 16.6 Å². The molecule has 0 saturated carbocycles. The average Bonchev–Trinajstić information content (AvgIpc) is 2.66. The van der Waals surface area contributed by atoms with E-state index in [1.54, 1.807) is 13.3 Å². The Bertz CT molecular complexity index is 299. The van der Waals surface area contributed by atoms with Crippen molar-refractivity contribution in [1.29, 1.82) is 5.41 Å². The molecule has 0 aliphatic heterocycles. The normalized spacial score (nSPS) is 11.4. The van der Waals surface area contributed by atoms with Crippen molar-refractivity contribution < 1.29 is 4.74 Å². The van der Waals surface area contributed by atoms with Gasteiger partial charge >= 0.3 is 0 Å². The molecule has 0 amide bonds. The number of methoxy groups -OCH3 is 1. The van der Waals surface area contributed by atoms with Gasteiger partial charge in [-0.05, 0) is 0 Å². The van der Waals surface area contributed by atoms with E-state index in [-0.39, 0.29) is 5.84 Å².